The molecule has 1 aromatic carbocycles. The molecule has 0 aliphatic rings. The molecule has 0 aliphatic heterocycles. The van der Waals surface area contributed by atoms with E-state index in [0.29, 0.717) is 0 Å². The molecule has 0 spiro atoms. The topological polar surface area (TPSA) is 37.4 Å². The van der Waals surface area contributed by atoms with Gasteiger partial charge in [-0.05, 0) is 31.2 Å². The number of Topliss-reactive ketones (excluding diaryl/α,β-unsaturated/α-hetero) is 1. The molecular weight excluding hydrogens is 258 g/mol. The minimum atomic E-state index is -0.190. The highest BCUT2D eigenvalue weighted by molar-refractivity contribution is 9.10. The second-order valence-electron chi connectivity index (χ2n) is 3.31. The molecule has 0 saturated heterocycles. The van der Waals surface area contributed by atoms with Gasteiger partial charge in [0.05, 0.1) is 6.42 Å². The predicted molar refractivity (Wildman–Crippen MR) is 62.9 cm³/mol. The van der Waals surface area contributed by atoms with Crippen LogP contribution in [0.4, 0.5) is 5.69 Å². The van der Waals surface area contributed by atoms with Crippen LogP contribution in [0.15, 0.2) is 28.7 Å². The highest BCUT2D eigenvalue weighted by Gasteiger charge is 2.12. The summed E-state index contributed by atoms with van der Waals surface area (Å²) in [5.74, 6) is -0.311. The second-order valence-corrected chi connectivity index (χ2v) is 4.22. The number of carbonyl (C=O) groups is 2. The average molecular weight is 270 g/mol. The molecule has 0 heterocycles. The van der Waals surface area contributed by atoms with E-state index in [1.165, 1.54) is 11.8 Å². The number of anilines is 1. The Bertz CT molecular complexity index is 373. The van der Waals surface area contributed by atoms with E-state index in [-0.39, 0.29) is 18.1 Å². The molecule has 0 saturated carbocycles. The summed E-state index contributed by atoms with van der Waals surface area (Å²) in [6.45, 7) is 1.41. The van der Waals surface area contributed by atoms with Gasteiger partial charge in [0.1, 0.15) is 5.78 Å². The summed E-state index contributed by atoms with van der Waals surface area (Å²) in [5, 5.41) is 0. The summed E-state index contributed by atoms with van der Waals surface area (Å²) < 4.78 is 0.957. The number of halogens is 1. The molecule has 1 rings (SSSR count). The van der Waals surface area contributed by atoms with Crippen molar-refractivity contribution in [2.75, 3.05) is 11.9 Å². The van der Waals surface area contributed by atoms with Gasteiger partial charge >= 0.3 is 0 Å². The Balaban J connectivity index is 2.76. The van der Waals surface area contributed by atoms with Gasteiger partial charge in [0.25, 0.3) is 0 Å². The third-order valence-corrected chi connectivity index (χ3v) is 2.52. The lowest BCUT2D eigenvalue weighted by Gasteiger charge is -2.16. The molecule has 0 atom stereocenters. The van der Waals surface area contributed by atoms with Crippen LogP contribution >= 0.6 is 15.9 Å². The van der Waals surface area contributed by atoms with Crippen LogP contribution in [-0.4, -0.2) is 18.7 Å². The van der Waals surface area contributed by atoms with E-state index in [1.54, 1.807) is 7.05 Å². The number of hydrogen-bond donors (Lipinski definition) is 0. The number of ketones is 1. The molecule has 15 heavy (non-hydrogen) atoms. The lowest BCUT2D eigenvalue weighted by Crippen LogP contribution is -2.27. The largest absolute Gasteiger partial charge is 0.315 e. The van der Waals surface area contributed by atoms with Crippen LogP contribution in [0.3, 0.4) is 0 Å². The number of rotatable bonds is 3. The summed E-state index contributed by atoms with van der Waals surface area (Å²) in [5.41, 5.74) is 0.782. The van der Waals surface area contributed by atoms with Crippen LogP contribution in [0.25, 0.3) is 0 Å². The van der Waals surface area contributed by atoms with Crippen LogP contribution in [0.5, 0.6) is 0 Å². The number of nitrogens with zero attached hydrogens (tertiary/aromatic N) is 1. The fourth-order valence-electron chi connectivity index (χ4n) is 1.14. The Hall–Kier alpha value is -1.16. The number of amides is 1. The molecule has 0 unspecified atom stereocenters. The lowest BCUT2D eigenvalue weighted by molar-refractivity contribution is -0.125. The molecule has 4 heteroatoms. The maximum Gasteiger partial charge on any atom is 0.234 e. The van der Waals surface area contributed by atoms with Crippen molar-refractivity contribution in [2.24, 2.45) is 0 Å². The molecule has 0 aliphatic carbocycles. The predicted octanol–water partition coefficient (Wildman–Crippen LogP) is 2.39. The summed E-state index contributed by atoms with van der Waals surface area (Å²) in [6.07, 6.45) is -0.0490. The first-order chi connectivity index (χ1) is 7.00. The smallest absolute Gasteiger partial charge is 0.234 e. The molecule has 1 amide bonds. The van der Waals surface area contributed by atoms with E-state index in [2.05, 4.69) is 15.9 Å². The van der Waals surface area contributed by atoms with E-state index in [4.69, 9.17) is 0 Å². The maximum absolute atomic E-state index is 11.5. The number of benzene rings is 1. The Morgan fingerprint density at radius 3 is 2.27 bits per heavy atom. The van der Waals surface area contributed by atoms with Crippen molar-refractivity contribution in [3.05, 3.63) is 28.7 Å². The van der Waals surface area contributed by atoms with Gasteiger partial charge in [-0.1, -0.05) is 15.9 Å². The van der Waals surface area contributed by atoms with Crippen LogP contribution < -0.4 is 4.90 Å². The molecule has 1 aromatic rings. The first-order valence-electron chi connectivity index (χ1n) is 4.52. The minimum absolute atomic E-state index is 0.0490. The second kappa shape index (κ2) is 5.07. The van der Waals surface area contributed by atoms with Crippen LogP contribution in [-0.2, 0) is 9.59 Å². The first-order valence-corrected chi connectivity index (χ1v) is 5.31. The zero-order chi connectivity index (χ0) is 11.4. The quantitative estimate of drug-likeness (QED) is 0.791. The van der Waals surface area contributed by atoms with E-state index < -0.39 is 0 Å². The monoisotopic (exact) mass is 269 g/mol. The van der Waals surface area contributed by atoms with Crippen molar-refractivity contribution in [1.82, 2.24) is 0 Å². The van der Waals surface area contributed by atoms with Crippen molar-refractivity contribution < 1.29 is 9.59 Å². The van der Waals surface area contributed by atoms with Crippen LogP contribution in [0.2, 0.25) is 0 Å². The van der Waals surface area contributed by atoms with E-state index in [9.17, 15) is 9.59 Å². The highest BCUT2D eigenvalue weighted by Crippen LogP contribution is 2.17. The van der Waals surface area contributed by atoms with Gasteiger partial charge < -0.3 is 4.90 Å². The molecule has 0 bridgehead atoms. The molecular formula is C11H12BrNO2. The number of carbonyl (C=O) groups excluding carboxylic acids is 2. The normalized spacial score (nSPS) is 9.80. The van der Waals surface area contributed by atoms with Crippen LogP contribution in [0, 0.1) is 0 Å². The van der Waals surface area contributed by atoms with Crippen LogP contribution in [0.1, 0.15) is 13.3 Å². The number of hydrogen-bond acceptors (Lipinski definition) is 2. The Morgan fingerprint density at radius 1 is 1.27 bits per heavy atom. The van der Waals surface area contributed by atoms with Gasteiger partial charge in [-0.15, -0.1) is 0 Å². The SMILES string of the molecule is CC(=O)CC(=O)N(C)c1ccc(Br)cc1. The van der Waals surface area contributed by atoms with Gasteiger partial charge in [0.2, 0.25) is 5.91 Å². The fourth-order valence-corrected chi connectivity index (χ4v) is 1.40. The minimum Gasteiger partial charge on any atom is -0.315 e. The van der Waals surface area contributed by atoms with Crippen molar-refractivity contribution in [1.29, 1.82) is 0 Å². The van der Waals surface area contributed by atoms with Crippen molar-refractivity contribution >= 4 is 33.3 Å². The van der Waals surface area contributed by atoms with Crippen molar-refractivity contribution in [3.63, 3.8) is 0 Å². The lowest BCUT2D eigenvalue weighted by atomic mass is 10.2. The van der Waals surface area contributed by atoms with Gasteiger partial charge in [0.15, 0.2) is 0 Å². The zero-order valence-corrected chi connectivity index (χ0v) is 10.2. The van der Waals surface area contributed by atoms with Gasteiger partial charge in [-0.3, -0.25) is 9.59 Å². The molecule has 0 aromatic heterocycles. The molecule has 0 fully saturated rings. The molecule has 0 N–H and O–H groups in total. The molecule has 3 nitrogen and oxygen atoms in total. The maximum atomic E-state index is 11.5. The third-order valence-electron chi connectivity index (χ3n) is 1.99. The summed E-state index contributed by atoms with van der Waals surface area (Å²) in [6, 6.07) is 7.35. The fraction of sp³-hybridized carbons (Fsp3) is 0.273. The van der Waals surface area contributed by atoms with E-state index >= 15 is 0 Å². The molecule has 0 radical (unpaired) electrons. The molecule has 80 valence electrons. The summed E-state index contributed by atoms with van der Waals surface area (Å²) >= 11 is 3.31. The summed E-state index contributed by atoms with van der Waals surface area (Å²) in [7, 11) is 1.66. The summed E-state index contributed by atoms with van der Waals surface area (Å²) in [4.78, 5) is 23.8. The van der Waals surface area contributed by atoms with Crippen molar-refractivity contribution in [2.45, 2.75) is 13.3 Å². The van der Waals surface area contributed by atoms with E-state index in [1.807, 2.05) is 24.3 Å². The Labute approximate surface area is 97.2 Å². The Morgan fingerprint density at radius 2 is 1.80 bits per heavy atom. The highest BCUT2D eigenvalue weighted by atomic mass is 79.9. The van der Waals surface area contributed by atoms with Crippen molar-refractivity contribution in [3.8, 4) is 0 Å². The zero-order valence-electron chi connectivity index (χ0n) is 8.66. The Kier molecular flexibility index (Phi) is 4.03. The standard InChI is InChI=1S/C11H12BrNO2/c1-8(14)7-11(15)13(2)10-5-3-9(12)4-6-10/h3-6H,7H2,1-2H3. The average Bonchev–Trinajstić information content (AvgIpc) is 2.17. The van der Waals surface area contributed by atoms with Gasteiger partial charge in [-0.2, -0.15) is 0 Å². The third kappa shape index (κ3) is 3.47. The van der Waals surface area contributed by atoms with E-state index in [0.717, 1.165) is 10.2 Å². The first kappa shape index (κ1) is 11.9. The van der Waals surface area contributed by atoms with Gasteiger partial charge in [0, 0.05) is 17.2 Å². The van der Waals surface area contributed by atoms with Gasteiger partial charge in [-0.25, -0.2) is 0 Å².